The SMILES string of the molecule is O=[N+]([O-])c1ccc2c(c1)CCN2C(=S)N[C@H]1C[C@@H]2C[C@@H]1[C@H]1C=CC[C@H]21. The van der Waals surface area contributed by atoms with Gasteiger partial charge in [-0.3, -0.25) is 10.1 Å². The van der Waals surface area contributed by atoms with E-state index >= 15 is 0 Å². The summed E-state index contributed by atoms with van der Waals surface area (Å²) in [4.78, 5) is 12.7. The van der Waals surface area contributed by atoms with Gasteiger partial charge in [0.1, 0.15) is 0 Å². The molecule has 4 aliphatic rings. The van der Waals surface area contributed by atoms with Gasteiger partial charge in [-0.05, 0) is 73.2 Å². The molecule has 130 valence electrons. The summed E-state index contributed by atoms with van der Waals surface area (Å²) in [5, 5.41) is 15.4. The maximum atomic E-state index is 11.0. The van der Waals surface area contributed by atoms with E-state index in [4.69, 9.17) is 12.2 Å². The first kappa shape index (κ1) is 15.3. The monoisotopic (exact) mass is 355 g/mol. The van der Waals surface area contributed by atoms with Crippen LogP contribution in [0.4, 0.5) is 11.4 Å². The molecule has 0 unspecified atom stereocenters. The summed E-state index contributed by atoms with van der Waals surface area (Å²) >= 11 is 5.71. The van der Waals surface area contributed by atoms with Crippen LogP contribution >= 0.6 is 12.2 Å². The van der Waals surface area contributed by atoms with Crippen LogP contribution in [-0.2, 0) is 6.42 Å². The first-order chi connectivity index (χ1) is 12.1. The highest BCUT2D eigenvalue weighted by Gasteiger charge is 2.52. The Morgan fingerprint density at radius 3 is 3.04 bits per heavy atom. The Morgan fingerprint density at radius 1 is 1.32 bits per heavy atom. The van der Waals surface area contributed by atoms with Crippen molar-refractivity contribution >= 4 is 28.7 Å². The van der Waals surface area contributed by atoms with Crippen LogP contribution in [0, 0.1) is 33.8 Å². The second-order valence-electron chi connectivity index (χ2n) is 7.83. The third-order valence-electron chi connectivity index (χ3n) is 6.73. The molecule has 1 aromatic rings. The minimum atomic E-state index is -0.333. The molecule has 5 nitrogen and oxygen atoms in total. The zero-order valence-electron chi connectivity index (χ0n) is 13.9. The Bertz CT molecular complexity index is 793. The van der Waals surface area contributed by atoms with Crippen molar-refractivity contribution in [2.24, 2.45) is 23.7 Å². The fourth-order valence-corrected chi connectivity index (χ4v) is 6.00. The van der Waals surface area contributed by atoms with Crippen LogP contribution in [0.2, 0.25) is 0 Å². The number of non-ortho nitro benzene ring substituents is 1. The predicted molar refractivity (Wildman–Crippen MR) is 101 cm³/mol. The van der Waals surface area contributed by atoms with Gasteiger partial charge in [-0.25, -0.2) is 0 Å². The van der Waals surface area contributed by atoms with E-state index in [1.54, 1.807) is 12.1 Å². The van der Waals surface area contributed by atoms with Crippen molar-refractivity contribution in [3.8, 4) is 0 Å². The summed E-state index contributed by atoms with van der Waals surface area (Å²) in [6, 6.07) is 5.57. The van der Waals surface area contributed by atoms with Gasteiger partial charge in [0.2, 0.25) is 0 Å². The molecule has 1 aromatic carbocycles. The Morgan fingerprint density at radius 2 is 2.20 bits per heavy atom. The molecule has 2 saturated carbocycles. The van der Waals surface area contributed by atoms with E-state index in [-0.39, 0.29) is 10.6 Å². The summed E-state index contributed by atoms with van der Waals surface area (Å²) in [6.45, 7) is 0.801. The summed E-state index contributed by atoms with van der Waals surface area (Å²) in [5.74, 6) is 3.18. The van der Waals surface area contributed by atoms with Gasteiger partial charge in [-0.2, -0.15) is 0 Å². The van der Waals surface area contributed by atoms with Crippen molar-refractivity contribution in [3.63, 3.8) is 0 Å². The smallest absolute Gasteiger partial charge is 0.269 e. The normalized spacial score (nSPS) is 34.2. The molecule has 0 radical (unpaired) electrons. The molecule has 0 amide bonds. The Labute approximate surface area is 152 Å². The number of nitrogens with zero attached hydrogens (tertiary/aromatic N) is 2. The van der Waals surface area contributed by atoms with Crippen molar-refractivity contribution in [3.05, 3.63) is 46.0 Å². The van der Waals surface area contributed by atoms with Crippen LogP contribution in [0.25, 0.3) is 0 Å². The van der Waals surface area contributed by atoms with Crippen molar-refractivity contribution in [2.45, 2.75) is 31.7 Å². The number of hydrogen-bond acceptors (Lipinski definition) is 3. The van der Waals surface area contributed by atoms with E-state index in [2.05, 4.69) is 22.4 Å². The molecular formula is C19H21N3O2S. The lowest BCUT2D eigenvalue weighted by Crippen LogP contribution is -2.48. The van der Waals surface area contributed by atoms with Crippen LogP contribution in [0.3, 0.4) is 0 Å². The second kappa shape index (κ2) is 5.53. The summed E-state index contributed by atoms with van der Waals surface area (Å²) in [7, 11) is 0. The number of nitro benzene ring substituents is 1. The van der Waals surface area contributed by atoms with E-state index in [9.17, 15) is 10.1 Å². The quantitative estimate of drug-likeness (QED) is 0.381. The van der Waals surface area contributed by atoms with Crippen molar-refractivity contribution in [1.29, 1.82) is 0 Å². The summed E-state index contributed by atoms with van der Waals surface area (Å²) in [5.41, 5.74) is 2.20. The maximum absolute atomic E-state index is 11.0. The Balaban J connectivity index is 1.31. The molecule has 2 fully saturated rings. The number of thiocarbonyl (C=S) groups is 1. The lowest BCUT2D eigenvalue weighted by molar-refractivity contribution is -0.384. The fourth-order valence-electron chi connectivity index (χ4n) is 5.66. The lowest BCUT2D eigenvalue weighted by Gasteiger charge is -2.34. The van der Waals surface area contributed by atoms with Crippen LogP contribution in [-0.4, -0.2) is 22.6 Å². The van der Waals surface area contributed by atoms with Crippen LogP contribution < -0.4 is 10.2 Å². The molecule has 1 aliphatic heterocycles. The highest BCUT2D eigenvalue weighted by Crippen LogP contribution is 2.56. The molecular weight excluding hydrogens is 334 g/mol. The third-order valence-corrected chi connectivity index (χ3v) is 7.07. The summed E-state index contributed by atoms with van der Waals surface area (Å²) < 4.78 is 0. The highest BCUT2D eigenvalue weighted by molar-refractivity contribution is 7.80. The largest absolute Gasteiger partial charge is 0.359 e. The minimum Gasteiger partial charge on any atom is -0.359 e. The van der Waals surface area contributed by atoms with E-state index < -0.39 is 0 Å². The predicted octanol–water partition coefficient (Wildman–Crippen LogP) is 3.43. The number of nitro groups is 1. The van der Waals surface area contributed by atoms with Crippen molar-refractivity contribution in [2.75, 3.05) is 11.4 Å². The van der Waals surface area contributed by atoms with Crippen molar-refractivity contribution < 1.29 is 4.92 Å². The zero-order valence-corrected chi connectivity index (χ0v) is 14.7. The highest BCUT2D eigenvalue weighted by atomic mass is 32.1. The number of hydrogen-bond donors (Lipinski definition) is 1. The summed E-state index contributed by atoms with van der Waals surface area (Å²) in [6.07, 6.45) is 9.43. The molecule has 6 heteroatoms. The average Bonchev–Trinajstić information content (AvgIpc) is 3.34. The number of rotatable bonds is 2. The molecule has 5 rings (SSSR count). The molecule has 0 aromatic heterocycles. The van der Waals surface area contributed by atoms with Crippen LogP contribution in [0.1, 0.15) is 24.8 Å². The van der Waals surface area contributed by atoms with Crippen molar-refractivity contribution in [1.82, 2.24) is 5.32 Å². The van der Waals surface area contributed by atoms with E-state index in [1.807, 2.05) is 6.07 Å². The van der Waals surface area contributed by atoms with E-state index in [1.165, 1.54) is 19.3 Å². The number of fused-ring (bicyclic) bond motifs is 6. The van der Waals surface area contributed by atoms with Gasteiger partial charge >= 0.3 is 0 Å². The maximum Gasteiger partial charge on any atom is 0.269 e. The minimum absolute atomic E-state index is 0.159. The average molecular weight is 355 g/mol. The topological polar surface area (TPSA) is 58.4 Å². The second-order valence-corrected chi connectivity index (χ2v) is 8.21. The van der Waals surface area contributed by atoms with Crippen LogP contribution in [0.15, 0.2) is 30.4 Å². The van der Waals surface area contributed by atoms with Gasteiger partial charge in [0.15, 0.2) is 5.11 Å². The Kier molecular flexibility index (Phi) is 3.39. The fraction of sp³-hybridized carbons (Fsp3) is 0.526. The third kappa shape index (κ3) is 2.30. The van der Waals surface area contributed by atoms with Gasteiger partial charge in [-0.15, -0.1) is 0 Å². The van der Waals surface area contributed by atoms with Gasteiger partial charge in [0.25, 0.3) is 5.69 Å². The molecule has 3 aliphatic carbocycles. The molecule has 2 bridgehead atoms. The molecule has 1 heterocycles. The van der Waals surface area contributed by atoms with Gasteiger partial charge in [0.05, 0.1) is 4.92 Å². The zero-order chi connectivity index (χ0) is 17.1. The first-order valence-electron chi connectivity index (χ1n) is 9.14. The van der Waals surface area contributed by atoms with Gasteiger partial charge < -0.3 is 10.2 Å². The molecule has 25 heavy (non-hydrogen) atoms. The van der Waals surface area contributed by atoms with Gasteiger partial charge in [-0.1, -0.05) is 12.2 Å². The number of nitrogens with one attached hydrogen (secondary N) is 1. The number of anilines is 1. The first-order valence-corrected chi connectivity index (χ1v) is 9.54. The number of benzene rings is 1. The molecule has 0 spiro atoms. The molecule has 1 N–H and O–H groups in total. The van der Waals surface area contributed by atoms with E-state index in [0.29, 0.717) is 12.0 Å². The molecule has 5 atom stereocenters. The van der Waals surface area contributed by atoms with Crippen LogP contribution in [0.5, 0.6) is 0 Å². The standard InChI is InChI=1S/C19H21N3O2S/c23-22(24)13-4-5-18-11(8-13)6-7-21(18)19(25)20-17-10-12-9-16(17)15-3-1-2-14(12)15/h1,3-5,8,12,14-17H,2,6-7,9-10H2,(H,20,25)/t12-,14+,15-,16+,17-/m0/s1. The molecule has 0 saturated heterocycles. The lowest BCUT2D eigenvalue weighted by atomic mass is 9.79. The van der Waals surface area contributed by atoms with E-state index in [0.717, 1.165) is 47.1 Å². The van der Waals surface area contributed by atoms with Gasteiger partial charge in [0, 0.05) is 30.4 Å². The number of allylic oxidation sites excluding steroid dienone is 2. The Hall–Kier alpha value is -1.95.